The molecule has 0 radical (unpaired) electrons. The first-order valence-corrected chi connectivity index (χ1v) is 5.43. The number of nitrogens with zero attached hydrogens (tertiary/aromatic N) is 3. The predicted molar refractivity (Wildman–Crippen MR) is 65.3 cm³/mol. The van der Waals surface area contributed by atoms with Crippen molar-refractivity contribution in [3.63, 3.8) is 0 Å². The van der Waals surface area contributed by atoms with E-state index in [9.17, 15) is 4.79 Å². The van der Waals surface area contributed by atoms with Crippen molar-refractivity contribution in [1.82, 2.24) is 9.36 Å². The monoisotopic (exact) mass is 227 g/mol. The maximum atomic E-state index is 11.8. The standard InChI is InChI=1S/C13H13N3O/c1-15-12(11-6-3-2-4-7-11)10-13(17)16(15)9-5-8-14/h2-4,6-7,10H,5,9H2,1H3. The van der Waals surface area contributed by atoms with E-state index >= 15 is 0 Å². The molecule has 4 heteroatoms. The zero-order valence-corrected chi connectivity index (χ0v) is 9.63. The summed E-state index contributed by atoms with van der Waals surface area (Å²) in [5, 5.41) is 8.56. The summed E-state index contributed by atoms with van der Waals surface area (Å²) in [7, 11) is 1.83. The van der Waals surface area contributed by atoms with E-state index in [-0.39, 0.29) is 5.56 Å². The van der Waals surface area contributed by atoms with Crippen LogP contribution in [0.1, 0.15) is 6.42 Å². The highest BCUT2D eigenvalue weighted by Gasteiger charge is 2.08. The van der Waals surface area contributed by atoms with Crippen LogP contribution in [-0.4, -0.2) is 9.36 Å². The Morgan fingerprint density at radius 3 is 2.65 bits per heavy atom. The summed E-state index contributed by atoms with van der Waals surface area (Å²) in [6.07, 6.45) is 0.339. The van der Waals surface area contributed by atoms with Gasteiger partial charge in [-0.2, -0.15) is 5.26 Å². The second kappa shape index (κ2) is 4.71. The quantitative estimate of drug-likeness (QED) is 0.802. The topological polar surface area (TPSA) is 50.7 Å². The van der Waals surface area contributed by atoms with Gasteiger partial charge in [0, 0.05) is 13.1 Å². The summed E-state index contributed by atoms with van der Waals surface area (Å²) in [6.45, 7) is 0.429. The highest BCUT2D eigenvalue weighted by Crippen LogP contribution is 2.16. The van der Waals surface area contributed by atoms with Crippen molar-refractivity contribution in [3.8, 4) is 17.3 Å². The van der Waals surface area contributed by atoms with Crippen LogP contribution in [0, 0.1) is 11.3 Å². The van der Waals surface area contributed by atoms with Crippen LogP contribution in [0.2, 0.25) is 0 Å². The molecule has 2 rings (SSSR count). The van der Waals surface area contributed by atoms with E-state index in [4.69, 9.17) is 5.26 Å². The SMILES string of the molecule is Cn1c(-c2ccccc2)cc(=O)n1CCC#N. The number of nitriles is 1. The Morgan fingerprint density at radius 1 is 1.29 bits per heavy atom. The first kappa shape index (κ1) is 11.2. The van der Waals surface area contributed by atoms with Crippen molar-refractivity contribution < 1.29 is 0 Å². The number of rotatable bonds is 3. The highest BCUT2D eigenvalue weighted by molar-refractivity contribution is 5.58. The van der Waals surface area contributed by atoms with Gasteiger partial charge in [0.15, 0.2) is 0 Å². The Hall–Kier alpha value is -2.28. The van der Waals surface area contributed by atoms with E-state index in [0.29, 0.717) is 13.0 Å². The van der Waals surface area contributed by atoms with Gasteiger partial charge in [-0.1, -0.05) is 30.3 Å². The van der Waals surface area contributed by atoms with Crippen LogP contribution in [0.5, 0.6) is 0 Å². The van der Waals surface area contributed by atoms with Gasteiger partial charge in [-0.05, 0) is 5.56 Å². The molecule has 0 fully saturated rings. The molecule has 1 heterocycles. The van der Waals surface area contributed by atoms with Gasteiger partial charge < -0.3 is 0 Å². The first-order valence-electron chi connectivity index (χ1n) is 5.43. The van der Waals surface area contributed by atoms with E-state index in [1.165, 1.54) is 0 Å². The van der Waals surface area contributed by atoms with Crippen LogP contribution >= 0.6 is 0 Å². The molecule has 0 saturated carbocycles. The summed E-state index contributed by atoms with van der Waals surface area (Å²) in [4.78, 5) is 11.8. The van der Waals surface area contributed by atoms with Gasteiger partial charge >= 0.3 is 0 Å². The lowest BCUT2D eigenvalue weighted by Gasteiger charge is -2.08. The second-order valence-electron chi connectivity index (χ2n) is 3.79. The van der Waals surface area contributed by atoms with E-state index in [1.807, 2.05) is 43.4 Å². The molecule has 0 amide bonds. The Morgan fingerprint density at radius 2 is 2.00 bits per heavy atom. The van der Waals surface area contributed by atoms with Crippen molar-refractivity contribution in [2.24, 2.45) is 7.05 Å². The van der Waals surface area contributed by atoms with Crippen LogP contribution in [0.3, 0.4) is 0 Å². The second-order valence-corrected chi connectivity index (χ2v) is 3.79. The predicted octanol–water partition coefficient (Wildman–Crippen LogP) is 1.77. The summed E-state index contributed by atoms with van der Waals surface area (Å²) in [6, 6.07) is 13.4. The third-order valence-electron chi connectivity index (χ3n) is 2.73. The molecule has 17 heavy (non-hydrogen) atoms. The third kappa shape index (κ3) is 2.13. The van der Waals surface area contributed by atoms with E-state index < -0.39 is 0 Å². The molecule has 1 aromatic carbocycles. The molecular formula is C13H13N3O. The molecule has 0 spiro atoms. The molecule has 0 bridgehead atoms. The molecular weight excluding hydrogens is 214 g/mol. The van der Waals surface area contributed by atoms with Crippen LogP contribution in [0.25, 0.3) is 11.3 Å². The molecule has 0 aliphatic rings. The minimum atomic E-state index is -0.0680. The normalized spacial score (nSPS) is 10.1. The third-order valence-corrected chi connectivity index (χ3v) is 2.73. The van der Waals surface area contributed by atoms with Crippen molar-refractivity contribution in [1.29, 1.82) is 5.26 Å². The Labute approximate surface area is 99.3 Å². The minimum Gasteiger partial charge on any atom is -0.285 e. The minimum absolute atomic E-state index is 0.0680. The van der Waals surface area contributed by atoms with Crippen molar-refractivity contribution >= 4 is 0 Å². The molecule has 1 aromatic heterocycles. The van der Waals surface area contributed by atoms with Gasteiger partial charge in [0.25, 0.3) is 5.56 Å². The van der Waals surface area contributed by atoms with Gasteiger partial charge in [0.1, 0.15) is 0 Å². The molecule has 0 aliphatic carbocycles. The lowest BCUT2D eigenvalue weighted by Crippen LogP contribution is -2.21. The molecule has 0 atom stereocenters. The smallest absolute Gasteiger partial charge is 0.267 e. The van der Waals surface area contributed by atoms with Crippen molar-refractivity contribution in [2.75, 3.05) is 0 Å². The van der Waals surface area contributed by atoms with Crippen LogP contribution in [-0.2, 0) is 13.6 Å². The van der Waals surface area contributed by atoms with Crippen molar-refractivity contribution in [3.05, 3.63) is 46.8 Å². The van der Waals surface area contributed by atoms with E-state index in [1.54, 1.807) is 15.4 Å². The molecule has 4 nitrogen and oxygen atoms in total. The summed E-state index contributed by atoms with van der Waals surface area (Å²) < 4.78 is 3.38. The molecule has 0 saturated heterocycles. The summed E-state index contributed by atoms with van der Waals surface area (Å²) in [5.74, 6) is 0. The van der Waals surface area contributed by atoms with Gasteiger partial charge in [-0.25, -0.2) is 4.68 Å². The fourth-order valence-electron chi connectivity index (χ4n) is 1.86. The lowest BCUT2D eigenvalue weighted by atomic mass is 10.1. The van der Waals surface area contributed by atoms with E-state index in [0.717, 1.165) is 11.3 Å². The van der Waals surface area contributed by atoms with Gasteiger partial charge in [0.05, 0.1) is 24.7 Å². The van der Waals surface area contributed by atoms with Gasteiger partial charge in [-0.3, -0.25) is 9.48 Å². The molecule has 0 N–H and O–H groups in total. The maximum Gasteiger partial charge on any atom is 0.267 e. The van der Waals surface area contributed by atoms with Gasteiger partial charge in [0.2, 0.25) is 0 Å². The largest absolute Gasteiger partial charge is 0.285 e. The number of hydrogen-bond acceptors (Lipinski definition) is 2. The molecule has 86 valence electrons. The first-order chi connectivity index (χ1) is 8.24. The summed E-state index contributed by atoms with van der Waals surface area (Å²) >= 11 is 0. The Bertz CT molecular complexity index is 602. The Balaban J connectivity index is 2.45. The fourth-order valence-corrected chi connectivity index (χ4v) is 1.86. The average molecular weight is 227 g/mol. The maximum absolute atomic E-state index is 11.8. The lowest BCUT2D eigenvalue weighted by molar-refractivity contribution is 0.506. The number of benzene rings is 1. The summed E-state index contributed by atoms with van der Waals surface area (Å²) in [5.41, 5.74) is 1.80. The van der Waals surface area contributed by atoms with E-state index in [2.05, 4.69) is 0 Å². The van der Waals surface area contributed by atoms with Crippen LogP contribution < -0.4 is 5.56 Å². The number of aromatic nitrogens is 2. The molecule has 2 aromatic rings. The Kier molecular flexibility index (Phi) is 3.10. The highest BCUT2D eigenvalue weighted by atomic mass is 16.1. The molecule has 0 aliphatic heterocycles. The zero-order valence-electron chi connectivity index (χ0n) is 9.63. The van der Waals surface area contributed by atoms with Gasteiger partial charge in [-0.15, -0.1) is 0 Å². The number of hydrogen-bond donors (Lipinski definition) is 0. The van der Waals surface area contributed by atoms with Crippen molar-refractivity contribution in [2.45, 2.75) is 13.0 Å². The van der Waals surface area contributed by atoms with Crippen LogP contribution in [0.15, 0.2) is 41.2 Å². The zero-order chi connectivity index (χ0) is 12.3. The van der Waals surface area contributed by atoms with Crippen LogP contribution in [0.4, 0.5) is 0 Å². The molecule has 0 unspecified atom stereocenters. The fraction of sp³-hybridized carbons (Fsp3) is 0.231. The average Bonchev–Trinajstić information content (AvgIpc) is 2.64.